The fourth-order valence-electron chi connectivity index (χ4n) is 1.18. The molecular weight excluding hydrogens is 189 g/mol. The van der Waals surface area contributed by atoms with E-state index in [1.165, 1.54) is 6.07 Å². The monoisotopic (exact) mass is 198 g/mol. The van der Waals surface area contributed by atoms with Crippen molar-refractivity contribution in [2.45, 2.75) is 19.5 Å². The third kappa shape index (κ3) is 2.29. The molecule has 0 N–H and O–H groups in total. The highest BCUT2D eigenvalue weighted by Crippen LogP contribution is 2.30. The minimum atomic E-state index is -4.28. The number of halogens is 3. The summed E-state index contributed by atoms with van der Waals surface area (Å²) in [5.41, 5.74) is 0.717. The lowest BCUT2D eigenvalue weighted by molar-refractivity contribution is -0.137. The highest BCUT2D eigenvalue weighted by molar-refractivity contribution is 5.34. The smallest absolute Gasteiger partial charge is 0.166 e. The second kappa shape index (κ2) is 3.75. The summed E-state index contributed by atoms with van der Waals surface area (Å²) < 4.78 is 36.7. The van der Waals surface area contributed by atoms with Crippen LogP contribution in [-0.4, -0.2) is 0 Å². The first-order valence-electron chi connectivity index (χ1n) is 4.05. The molecule has 3 heteroatoms. The van der Waals surface area contributed by atoms with Crippen molar-refractivity contribution >= 4 is 0 Å². The van der Waals surface area contributed by atoms with E-state index in [0.29, 0.717) is 12.0 Å². The molecule has 0 bridgehead atoms. The van der Waals surface area contributed by atoms with Crippen LogP contribution in [0.5, 0.6) is 0 Å². The molecule has 0 aliphatic rings. The molecule has 0 heterocycles. The van der Waals surface area contributed by atoms with Crippen molar-refractivity contribution in [3.05, 3.63) is 34.9 Å². The van der Waals surface area contributed by atoms with Gasteiger partial charge in [0.15, 0.2) is 0 Å². The minimum Gasteiger partial charge on any atom is -0.166 e. The van der Waals surface area contributed by atoms with Crippen molar-refractivity contribution in [2.24, 2.45) is 0 Å². The zero-order valence-corrected chi connectivity index (χ0v) is 7.65. The third-order valence-electron chi connectivity index (χ3n) is 1.96. The average molecular weight is 198 g/mol. The Morgan fingerprint density at radius 2 is 2.00 bits per heavy atom. The van der Waals surface area contributed by atoms with Crippen LogP contribution in [0.15, 0.2) is 18.2 Å². The molecule has 0 aromatic heterocycles. The minimum absolute atomic E-state index is 0.365. The van der Waals surface area contributed by atoms with Crippen molar-refractivity contribution in [3.8, 4) is 12.3 Å². The molecule has 0 fully saturated rings. The summed E-state index contributed by atoms with van der Waals surface area (Å²) >= 11 is 0. The Morgan fingerprint density at radius 3 is 2.43 bits per heavy atom. The predicted molar refractivity (Wildman–Crippen MR) is 48.7 cm³/mol. The largest absolute Gasteiger partial charge is 0.416 e. The summed E-state index contributed by atoms with van der Waals surface area (Å²) in [7, 11) is 0. The summed E-state index contributed by atoms with van der Waals surface area (Å²) in [6, 6.07) is 3.60. The van der Waals surface area contributed by atoms with Crippen LogP contribution in [0.25, 0.3) is 0 Å². The Kier molecular flexibility index (Phi) is 2.85. The van der Waals surface area contributed by atoms with Gasteiger partial charge in [0, 0.05) is 6.42 Å². The molecule has 1 rings (SSSR count). The van der Waals surface area contributed by atoms with E-state index in [1.54, 1.807) is 6.92 Å². The highest BCUT2D eigenvalue weighted by atomic mass is 19.4. The number of terminal acetylenes is 1. The fraction of sp³-hybridized carbons (Fsp3) is 0.273. The van der Waals surface area contributed by atoms with Crippen LogP contribution in [0, 0.1) is 19.3 Å². The lowest BCUT2D eigenvalue weighted by atomic mass is 10.0. The van der Waals surface area contributed by atoms with Crippen molar-refractivity contribution in [3.63, 3.8) is 0 Å². The van der Waals surface area contributed by atoms with Gasteiger partial charge in [-0.25, -0.2) is 0 Å². The first-order valence-corrected chi connectivity index (χ1v) is 4.05. The molecule has 0 aliphatic carbocycles. The van der Waals surface area contributed by atoms with Gasteiger partial charge >= 0.3 is 6.18 Å². The van der Waals surface area contributed by atoms with Crippen LogP contribution < -0.4 is 0 Å². The van der Waals surface area contributed by atoms with Crippen molar-refractivity contribution in [1.29, 1.82) is 0 Å². The molecule has 0 amide bonds. The summed E-state index contributed by atoms with van der Waals surface area (Å²) in [5.74, 6) is 2.40. The molecule has 0 aliphatic heterocycles. The number of rotatable bonds is 1. The first-order chi connectivity index (χ1) is 6.45. The Hall–Kier alpha value is -1.43. The van der Waals surface area contributed by atoms with Gasteiger partial charge in [-0.1, -0.05) is 6.07 Å². The van der Waals surface area contributed by atoms with E-state index in [0.717, 1.165) is 17.7 Å². The van der Waals surface area contributed by atoms with Gasteiger partial charge in [0.1, 0.15) is 0 Å². The van der Waals surface area contributed by atoms with E-state index in [9.17, 15) is 13.2 Å². The lowest BCUT2D eigenvalue weighted by Crippen LogP contribution is -2.05. The Labute approximate surface area is 80.8 Å². The number of alkyl halides is 3. The predicted octanol–water partition coefficient (Wildman–Crippen LogP) is 3.19. The van der Waals surface area contributed by atoms with Crippen molar-refractivity contribution < 1.29 is 13.2 Å². The summed E-state index contributed by atoms with van der Waals surface area (Å²) in [6.45, 7) is 1.63. The molecule has 1 aromatic carbocycles. The van der Waals surface area contributed by atoms with Gasteiger partial charge < -0.3 is 0 Å². The SMILES string of the molecule is C#CCc1ccc(C(F)(F)F)cc1C. The van der Waals surface area contributed by atoms with Gasteiger partial charge in [-0.3, -0.25) is 0 Å². The maximum Gasteiger partial charge on any atom is 0.416 e. The van der Waals surface area contributed by atoms with Gasteiger partial charge in [-0.05, 0) is 30.2 Å². The second-order valence-corrected chi connectivity index (χ2v) is 3.02. The Bertz CT molecular complexity index is 369. The lowest BCUT2D eigenvalue weighted by Gasteiger charge is -2.09. The fourth-order valence-corrected chi connectivity index (χ4v) is 1.18. The third-order valence-corrected chi connectivity index (χ3v) is 1.96. The topological polar surface area (TPSA) is 0 Å². The molecule has 0 atom stereocenters. The van der Waals surface area contributed by atoms with E-state index in [-0.39, 0.29) is 0 Å². The van der Waals surface area contributed by atoms with Crippen LogP contribution in [-0.2, 0) is 12.6 Å². The van der Waals surface area contributed by atoms with Crippen molar-refractivity contribution in [1.82, 2.24) is 0 Å². The standard InChI is InChI=1S/C11H9F3/c1-3-4-9-5-6-10(7-8(9)2)11(12,13)14/h1,5-7H,4H2,2H3. The summed E-state index contributed by atoms with van der Waals surface area (Å²) in [6.07, 6.45) is 1.17. The number of benzene rings is 1. The van der Waals surface area contributed by atoms with Crippen molar-refractivity contribution in [2.75, 3.05) is 0 Å². The normalized spacial score (nSPS) is 11.1. The molecule has 0 nitrogen and oxygen atoms in total. The van der Waals surface area contributed by atoms with Gasteiger partial charge in [0.05, 0.1) is 5.56 Å². The van der Waals surface area contributed by atoms with Crippen LogP contribution in [0.1, 0.15) is 16.7 Å². The van der Waals surface area contributed by atoms with Gasteiger partial charge in [0.25, 0.3) is 0 Å². The Balaban J connectivity index is 3.08. The highest BCUT2D eigenvalue weighted by Gasteiger charge is 2.30. The van der Waals surface area contributed by atoms with Gasteiger partial charge in [0.2, 0.25) is 0 Å². The Morgan fingerprint density at radius 1 is 1.36 bits per heavy atom. The van der Waals surface area contributed by atoms with E-state index in [1.807, 2.05) is 0 Å². The number of hydrogen-bond acceptors (Lipinski definition) is 0. The quantitative estimate of drug-likeness (QED) is 0.608. The zero-order valence-electron chi connectivity index (χ0n) is 7.65. The molecule has 74 valence electrons. The van der Waals surface area contributed by atoms with Crippen LogP contribution in [0.3, 0.4) is 0 Å². The maximum atomic E-state index is 12.2. The van der Waals surface area contributed by atoms with Crippen LogP contribution in [0.4, 0.5) is 13.2 Å². The van der Waals surface area contributed by atoms with Gasteiger partial charge in [-0.15, -0.1) is 12.3 Å². The zero-order chi connectivity index (χ0) is 10.8. The van der Waals surface area contributed by atoms with Gasteiger partial charge in [-0.2, -0.15) is 13.2 Å². The molecular formula is C11H9F3. The van der Waals surface area contributed by atoms with E-state index < -0.39 is 11.7 Å². The molecule has 14 heavy (non-hydrogen) atoms. The average Bonchev–Trinajstić information content (AvgIpc) is 2.07. The first kappa shape index (κ1) is 10.6. The maximum absolute atomic E-state index is 12.2. The van der Waals surface area contributed by atoms with E-state index in [2.05, 4.69) is 5.92 Å². The van der Waals surface area contributed by atoms with E-state index in [4.69, 9.17) is 6.42 Å². The van der Waals surface area contributed by atoms with Crippen LogP contribution >= 0.6 is 0 Å². The molecule has 0 unspecified atom stereocenters. The number of aryl methyl sites for hydroxylation is 1. The number of hydrogen-bond donors (Lipinski definition) is 0. The molecule has 0 spiro atoms. The summed E-state index contributed by atoms with van der Waals surface area (Å²) in [5, 5.41) is 0. The van der Waals surface area contributed by atoms with E-state index >= 15 is 0 Å². The van der Waals surface area contributed by atoms with Crippen LogP contribution in [0.2, 0.25) is 0 Å². The molecule has 0 saturated carbocycles. The molecule has 0 saturated heterocycles. The molecule has 0 radical (unpaired) electrons. The second-order valence-electron chi connectivity index (χ2n) is 3.02. The molecule has 1 aromatic rings. The summed E-state index contributed by atoms with van der Waals surface area (Å²) in [4.78, 5) is 0.